The maximum Gasteiger partial charge on any atom is 0.337 e. The van der Waals surface area contributed by atoms with Crippen molar-refractivity contribution in [2.45, 2.75) is 25.7 Å². The van der Waals surface area contributed by atoms with Crippen LogP contribution in [0.25, 0.3) is 0 Å². The first-order chi connectivity index (χ1) is 11.6. The van der Waals surface area contributed by atoms with Crippen LogP contribution in [0.4, 0.5) is 0 Å². The van der Waals surface area contributed by atoms with Gasteiger partial charge in [-0.05, 0) is 37.0 Å². The first-order valence-electron chi connectivity index (χ1n) is 8.11. The van der Waals surface area contributed by atoms with Crippen molar-refractivity contribution >= 4 is 17.8 Å². The molecule has 0 saturated heterocycles. The van der Waals surface area contributed by atoms with Crippen LogP contribution < -0.4 is 5.32 Å². The van der Waals surface area contributed by atoms with Gasteiger partial charge in [-0.15, -0.1) is 0 Å². The molecule has 2 unspecified atom stereocenters. The molecule has 2 atom stereocenters. The van der Waals surface area contributed by atoms with Gasteiger partial charge >= 0.3 is 11.9 Å². The fourth-order valence-corrected chi connectivity index (χ4v) is 3.14. The van der Waals surface area contributed by atoms with Crippen molar-refractivity contribution in [1.82, 2.24) is 5.32 Å². The van der Waals surface area contributed by atoms with Gasteiger partial charge in [0.2, 0.25) is 0 Å². The fourth-order valence-electron chi connectivity index (χ4n) is 3.14. The summed E-state index contributed by atoms with van der Waals surface area (Å²) in [6.07, 6.45) is 3.74. The lowest BCUT2D eigenvalue weighted by Gasteiger charge is -2.29. The number of ether oxygens (including phenoxy) is 2. The van der Waals surface area contributed by atoms with Crippen molar-refractivity contribution in [1.29, 1.82) is 0 Å². The topological polar surface area (TPSA) is 81.7 Å². The van der Waals surface area contributed by atoms with Gasteiger partial charge in [0, 0.05) is 12.1 Å². The molecule has 2 rings (SSSR count). The zero-order valence-electron chi connectivity index (χ0n) is 14.0. The summed E-state index contributed by atoms with van der Waals surface area (Å²) in [6, 6.07) is 6.37. The molecule has 1 aliphatic rings. The standard InChI is InChI=1S/C18H23NO5/c1-23-17(21)13-8-5-7-12(10-13)16(20)19-11-14-6-3-4-9-15(14)18(22)24-2/h5,7-8,10,14-15H,3-4,6,9,11H2,1-2H3,(H,19,20). The number of hydrogen-bond donors (Lipinski definition) is 1. The normalized spacial score (nSPS) is 20.1. The lowest BCUT2D eigenvalue weighted by molar-refractivity contribution is -0.148. The van der Waals surface area contributed by atoms with E-state index in [0.717, 1.165) is 25.7 Å². The smallest absolute Gasteiger partial charge is 0.337 e. The first kappa shape index (κ1) is 18.0. The average molecular weight is 333 g/mol. The van der Waals surface area contributed by atoms with E-state index < -0.39 is 5.97 Å². The van der Waals surface area contributed by atoms with E-state index in [1.54, 1.807) is 18.2 Å². The van der Waals surface area contributed by atoms with E-state index >= 15 is 0 Å². The minimum atomic E-state index is -0.484. The van der Waals surface area contributed by atoms with Crippen LogP contribution in [0.2, 0.25) is 0 Å². The molecule has 6 heteroatoms. The summed E-state index contributed by atoms with van der Waals surface area (Å²) in [7, 11) is 2.69. The van der Waals surface area contributed by atoms with E-state index in [-0.39, 0.29) is 23.7 Å². The monoisotopic (exact) mass is 333 g/mol. The summed E-state index contributed by atoms with van der Waals surface area (Å²) in [5, 5.41) is 2.86. The molecule has 0 spiro atoms. The average Bonchev–Trinajstić information content (AvgIpc) is 2.65. The molecule has 1 aromatic carbocycles. The van der Waals surface area contributed by atoms with Crippen molar-refractivity contribution in [3.8, 4) is 0 Å². The molecule has 0 aromatic heterocycles. The number of carbonyl (C=O) groups excluding carboxylic acids is 3. The van der Waals surface area contributed by atoms with Gasteiger partial charge in [0.15, 0.2) is 0 Å². The number of hydrogen-bond acceptors (Lipinski definition) is 5. The van der Waals surface area contributed by atoms with Crippen molar-refractivity contribution in [2.75, 3.05) is 20.8 Å². The van der Waals surface area contributed by atoms with Crippen LogP contribution in [0.15, 0.2) is 24.3 Å². The number of amides is 1. The predicted molar refractivity (Wildman–Crippen MR) is 87.6 cm³/mol. The van der Waals surface area contributed by atoms with Crippen molar-refractivity contribution < 1.29 is 23.9 Å². The third-order valence-corrected chi connectivity index (χ3v) is 4.48. The Kier molecular flexibility index (Phi) is 6.35. The third kappa shape index (κ3) is 4.34. The van der Waals surface area contributed by atoms with Gasteiger partial charge in [0.25, 0.3) is 5.91 Å². The maximum atomic E-state index is 12.3. The fraction of sp³-hybridized carbons (Fsp3) is 0.500. The second-order valence-corrected chi connectivity index (χ2v) is 5.96. The maximum absolute atomic E-state index is 12.3. The number of rotatable bonds is 5. The van der Waals surface area contributed by atoms with Gasteiger partial charge < -0.3 is 14.8 Å². The van der Waals surface area contributed by atoms with Crippen LogP contribution in [0.1, 0.15) is 46.4 Å². The minimum Gasteiger partial charge on any atom is -0.469 e. The molecule has 0 heterocycles. The molecule has 0 bridgehead atoms. The van der Waals surface area contributed by atoms with E-state index in [4.69, 9.17) is 4.74 Å². The highest BCUT2D eigenvalue weighted by atomic mass is 16.5. The largest absolute Gasteiger partial charge is 0.469 e. The van der Waals surface area contributed by atoms with Gasteiger partial charge in [-0.2, -0.15) is 0 Å². The van der Waals surface area contributed by atoms with Gasteiger partial charge in [-0.1, -0.05) is 18.9 Å². The molecule has 1 aliphatic carbocycles. The quantitative estimate of drug-likeness (QED) is 0.835. The van der Waals surface area contributed by atoms with Gasteiger partial charge in [-0.3, -0.25) is 9.59 Å². The molecule has 6 nitrogen and oxygen atoms in total. The Balaban J connectivity index is 1.99. The number of benzene rings is 1. The second-order valence-electron chi connectivity index (χ2n) is 5.96. The van der Waals surface area contributed by atoms with Crippen LogP contribution in [0.5, 0.6) is 0 Å². The summed E-state index contributed by atoms with van der Waals surface area (Å²) in [4.78, 5) is 35.7. The Morgan fingerprint density at radius 2 is 1.79 bits per heavy atom. The summed E-state index contributed by atoms with van der Waals surface area (Å²) >= 11 is 0. The summed E-state index contributed by atoms with van der Waals surface area (Å²) in [6.45, 7) is 0.418. The van der Waals surface area contributed by atoms with Crippen molar-refractivity contribution in [3.05, 3.63) is 35.4 Å². The van der Waals surface area contributed by atoms with Crippen LogP contribution in [0, 0.1) is 11.8 Å². The molecule has 1 saturated carbocycles. The number of esters is 2. The Morgan fingerprint density at radius 1 is 1.08 bits per heavy atom. The molecule has 0 radical (unpaired) electrons. The highest BCUT2D eigenvalue weighted by Gasteiger charge is 2.31. The van der Waals surface area contributed by atoms with E-state index in [1.165, 1.54) is 20.3 Å². The SMILES string of the molecule is COC(=O)c1cccc(C(=O)NCC2CCCCC2C(=O)OC)c1. The lowest BCUT2D eigenvalue weighted by atomic mass is 9.79. The van der Waals surface area contributed by atoms with Crippen LogP contribution in [-0.4, -0.2) is 38.6 Å². The third-order valence-electron chi connectivity index (χ3n) is 4.48. The van der Waals surface area contributed by atoms with E-state index in [1.807, 2.05) is 0 Å². The summed E-state index contributed by atoms with van der Waals surface area (Å²) < 4.78 is 9.52. The highest BCUT2D eigenvalue weighted by molar-refractivity contribution is 5.97. The minimum absolute atomic E-state index is 0.0824. The zero-order chi connectivity index (χ0) is 17.5. The van der Waals surface area contributed by atoms with Crippen LogP contribution in [0.3, 0.4) is 0 Å². The first-order valence-corrected chi connectivity index (χ1v) is 8.11. The lowest BCUT2D eigenvalue weighted by Crippen LogP contribution is -2.37. The zero-order valence-corrected chi connectivity index (χ0v) is 14.0. The molecule has 1 fully saturated rings. The summed E-state index contributed by atoms with van der Waals surface area (Å²) in [5.41, 5.74) is 0.721. The summed E-state index contributed by atoms with van der Waals surface area (Å²) in [5.74, 6) is -1.04. The van der Waals surface area contributed by atoms with E-state index in [0.29, 0.717) is 17.7 Å². The Labute approximate surface area is 141 Å². The van der Waals surface area contributed by atoms with Crippen molar-refractivity contribution in [2.24, 2.45) is 11.8 Å². The van der Waals surface area contributed by atoms with E-state index in [2.05, 4.69) is 10.1 Å². The molecule has 130 valence electrons. The molecule has 0 aliphatic heterocycles. The van der Waals surface area contributed by atoms with Crippen LogP contribution >= 0.6 is 0 Å². The molecular weight excluding hydrogens is 310 g/mol. The van der Waals surface area contributed by atoms with Gasteiger partial charge in [0.05, 0.1) is 25.7 Å². The number of nitrogens with one attached hydrogen (secondary N) is 1. The Hall–Kier alpha value is -2.37. The van der Waals surface area contributed by atoms with E-state index in [9.17, 15) is 14.4 Å². The van der Waals surface area contributed by atoms with Crippen LogP contribution in [-0.2, 0) is 14.3 Å². The highest BCUT2D eigenvalue weighted by Crippen LogP contribution is 2.30. The molecular formula is C18H23NO5. The molecule has 24 heavy (non-hydrogen) atoms. The van der Waals surface area contributed by atoms with Gasteiger partial charge in [-0.25, -0.2) is 4.79 Å². The Morgan fingerprint density at radius 3 is 2.50 bits per heavy atom. The second kappa shape index (κ2) is 8.47. The van der Waals surface area contributed by atoms with Crippen molar-refractivity contribution in [3.63, 3.8) is 0 Å². The number of methoxy groups -OCH3 is 2. The Bertz CT molecular complexity index is 613. The molecule has 1 amide bonds. The molecule has 1 aromatic rings. The predicted octanol–water partition coefficient (Wildman–Crippen LogP) is 2.18. The van der Waals surface area contributed by atoms with Gasteiger partial charge in [0.1, 0.15) is 0 Å². The number of carbonyl (C=O) groups is 3. The molecule has 1 N–H and O–H groups in total.